The van der Waals surface area contributed by atoms with Gasteiger partial charge in [-0.1, -0.05) is 6.92 Å². The van der Waals surface area contributed by atoms with Crippen LogP contribution in [0.1, 0.15) is 20.3 Å². The summed E-state index contributed by atoms with van der Waals surface area (Å²) < 4.78 is 22.2. The molecular weight excluding hydrogens is 196 g/mol. The Morgan fingerprint density at radius 2 is 2.00 bits per heavy atom. The molecule has 12 heavy (non-hydrogen) atoms. The molecule has 2 nitrogen and oxygen atoms in total. The summed E-state index contributed by atoms with van der Waals surface area (Å²) in [6.07, 6.45) is 0.792. The molecule has 4 heteroatoms. The second-order valence-electron chi connectivity index (χ2n) is 3.70. The van der Waals surface area contributed by atoms with Gasteiger partial charge in [-0.2, -0.15) is 0 Å². The minimum atomic E-state index is -2.73. The van der Waals surface area contributed by atoms with E-state index in [2.05, 4.69) is 0 Å². The monoisotopic (exact) mass is 210 g/mol. The standard InChI is InChI=1S/C8H15ClO2S/c1-6(7(2)9)8-3-4-12(10,11)5-8/h6-8H,3-5H2,1-2H3. The van der Waals surface area contributed by atoms with Crippen molar-refractivity contribution in [2.45, 2.75) is 25.6 Å². The Kier molecular flexibility index (Phi) is 3.05. The summed E-state index contributed by atoms with van der Waals surface area (Å²) in [4.78, 5) is 0. The fraction of sp³-hybridized carbons (Fsp3) is 1.00. The van der Waals surface area contributed by atoms with Gasteiger partial charge in [-0.25, -0.2) is 8.42 Å². The quantitative estimate of drug-likeness (QED) is 0.650. The third kappa shape index (κ3) is 2.36. The lowest BCUT2D eigenvalue weighted by molar-refractivity contribution is 0.390. The minimum Gasteiger partial charge on any atom is -0.229 e. The lowest BCUT2D eigenvalue weighted by Crippen LogP contribution is -2.20. The highest BCUT2D eigenvalue weighted by atomic mass is 35.5. The van der Waals surface area contributed by atoms with E-state index in [1.54, 1.807) is 0 Å². The highest BCUT2D eigenvalue weighted by Crippen LogP contribution is 2.29. The lowest BCUT2D eigenvalue weighted by atomic mass is 9.91. The molecule has 0 N–H and O–H groups in total. The zero-order chi connectivity index (χ0) is 9.35. The predicted molar refractivity (Wildman–Crippen MR) is 51.2 cm³/mol. The maximum absolute atomic E-state index is 11.1. The van der Waals surface area contributed by atoms with Crippen LogP contribution in [0.5, 0.6) is 0 Å². The Balaban J connectivity index is 2.58. The minimum absolute atomic E-state index is 0.0725. The maximum Gasteiger partial charge on any atom is 0.150 e. The van der Waals surface area contributed by atoms with Crippen molar-refractivity contribution in [2.24, 2.45) is 11.8 Å². The van der Waals surface area contributed by atoms with Gasteiger partial charge in [0.15, 0.2) is 9.84 Å². The molecule has 3 atom stereocenters. The largest absolute Gasteiger partial charge is 0.229 e. The zero-order valence-electron chi connectivity index (χ0n) is 7.46. The molecule has 0 spiro atoms. The molecule has 1 saturated heterocycles. The fourth-order valence-corrected chi connectivity index (χ4v) is 3.77. The molecule has 0 amide bonds. The van der Waals surface area contributed by atoms with E-state index < -0.39 is 9.84 Å². The van der Waals surface area contributed by atoms with Crippen molar-refractivity contribution in [3.05, 3.63) is 0 Å². The number of hydrogen-bond acceptors (Lipinski definition) is 2. The second kappa shape index (κ2) is 3.54. The van der Waals surface area contributed by atoms with Crippen molar-refractivity contribution in [3.63, 3.8) is 0 Å². The van der Waals surface area contributed by atoms with Crippen LogP contribution in [0, 0.1) is 11.8 Å². The summed E-state index contributed by atoms with van der Waals surface area (Å²) in [6.45, 7) is 3.96. The molecule has 3 unspecified atom stereocenters. The van der Waals surface area contributed by atoms with Gasteiger partial charge in [0.1, 0.15) is 0 Å². The van der Waals surface area contributed by atoms with Gasteiger partial charge in [-0.3, -0.25) is 0 Å². The average molecular weight is 211 g/mol. The first-order valence-electron chi connectivity index (χ1n) is 4.27. The lowest BCUT2D eigenvalue weighted by Gasteiger charge is -2.19. The SMILES string of the molecule is CC(Cl)C(C)C1CCS(=O)(=O)C1. The summed E-state index contributed by atoms with van der Waals surface area (Å²) in [7, 11) is -2.73. The maximum atomic E-state index is 11.1. The molecule has 0 aromatic carbocycles. The van der Waals surface area contributed by atoms with Crippen LogP contribution in [0.15, 0.2) is 0 Å². The second-order valence-corrected chi connectivity index (χ2v) is 6.62. The molecule has 1 rings (SSSR count). The van der Waals surface area contributed by atoms with Crippen LogP contribution in [-0.4, -0.2) is 25.3 Å². The molecule has 0 aromatic rings. The van der Waals surface area contributed by atoms with Gasteiger partial charge < -0.3 is 0 Å². The van der Waals surface area contributed by atoms with Crippen molar-refractivity contribution in [1.82, 2.24) is 0 Å². The summed E-state index contributed by atoms with van der Waals surface area (Å²) in [5.74, 6) is 1.28. The number of rotatable bonds is 2. The smallest absolute Gasteiger partial charge is 0.150 e. The van der Waals surface area contributed by atoms with Crippen LogP contribution >= 0.6 is 11.6 Å². The van der Waals surface area contributed by atoms with E-state index in [9.17, 15) is 8.42 Å². The Morgan fingerprint density at radius 1 is 1.42 bits per heavy atom. The van der Waals surface area contributed by atoms with E-state index >= 15 is 0 Å². The Bertz CT molecular complexity index is 246. The molecule has 1 fully saturated rings. The average Bonchev–Trinajstić information content (AvgIpc) is 2.28. The van der Waals surface area contributed by atoms with Gasteiger partial charge in [-0.05, 0) is 25.2 Å². The molecule has 0 bridgehead atoms. The van der Waals surface area contributed by atoms with Crippen LogP contribution in [0.25, 0.3) is 0 Å². The molecule has 0 radical (unpaired) electrons. The van der Waals surface area contributed by atoms with E-state index in [0.717, 1.165) is 6.42 Å². The molecule has 0 aromatic heterocycles. The normalized spacial score (nSPS) is 33.1. The Labute approximate surface area is 79.2 Å². The fourth-order valence-electron chi connectivity index (χ4n) is 1.61. The molecule has 1 aliphatic heterocycles. The van der Waals surface area contributed by atoms with Crippen LogP contribution in [0.4, 0.5) is 0 Å². The first-order valence-corrected chi connectivity index (χ1v) is 6.52. The van der Waals surface area contributed by atoms with Crippen molar-refractivity contribution in [3.8, 4) is 0 Å². The molecule has 1 aliphatic rings. The number of halogens is 1. The highest BCUT2D eigenvalue weighted by Gasteiger charge is 2.33. The summed E-state index contributed by atoms with van der Waals surface area (Å²) in [5.41, 5.74) is 0. The first-order chi connectivity index (χ1) is 5.42. The van der Waals surface area contributed by atoms with Gasteiger partial charge in [0.05, 0.1) is 11.5 Å². The third-order valence-electron chi connectivity index (χ3n) is 2.74. The van der Waals surface area contributed by atoms with Gasteiger partial charge in [0, 0.05) is 5.38 Å². The van der Waals surface area contributed by atoms with E-state index in [1.165, 1.54) is 0 Å². The van der Waals surface area contributed by atoms with E-state index in [0.29, 0.717) is 17.4 Å². The van der Waals surface area contributed by atoms with Gasteiger partial charge >= 0.3 is 0 Å². The van der Waals surface area contributed by atoms with Gasteiger partial charge in [-0.15, -0.1) is 11.6 Å². The van der Waals surface area contributed by atoms with E-state index in [-0.39, 0.29) is 11.3 Å². The summed E-state index contributed by atoms with van der Waals surface area (Å²) in [5, 5.41) is 0.0725. The van der Waals surface area contributed by atoms with Crippen LogP contribution in [-0.2, 0) is 9.84 Å². The van der Waals surface area contributed by atoms with Crippen LogP contribution in [0.2, 0.25) is 0 Å². The summed E-state index contributed by atoms with van der Waals surface area (Å²) >= 11 is 5.91. The predicted octanol–water partition coefficient (Wildman–Crippen LogP) is 1.68. The van der Waals surface area contributed by atoms with E-state index in [1.807, 2.05) is 13.8 Å². The Hall–Kier alpha value is 0.240. The molecule has 0 saturated carbocycles. The number of alkyl halides is 1. The van der Waals surface area contributed by atoms with Crippen molar-refractivity contribution >= 4 is 21.4 Å². The Morgan fingerprint density at radius 3 is 2.33 bits per heavy atom. The highest BCUT2D eigenvalue weighted by molar-refractivity contribution is 7.91. The zero-order valence-corrected chi connectivity index (χ0v) is 9.03. The molecular formula is C8H15ClO2S. The van der Waals surface area contributed by atoms with Gasteiger partial charge in [0.2, 0.25) is 0 Å². The first kappa shape index (κ1) is 10.3. The summed E-state index contributed by atoms with van der Waals surface area (Å²) in [6, 6.07) is 0. The number of hydrogen-bond donors (Lipinski definition) is 0. The van der Waals surface area contributed by atoms with Crippen molar-refractivity contribution in [2.75, 3.05) is 11.5 Å². The topological polar surface area (TPSA) is 34.1 Å². The third-order valence-corrected chi connectivity index (χ3v) is 4.93. The molecule has 0 aliphatic carbocycles. The van der Waals surface area contributed by atoms with Crippen LogP contribution in [0.3, 0.4) is 0 Å². The van der Waals surface area contributed by atoms with Crippen molar-refractivity contribution < 1.29 is 8.42 Å². The van der Waals surface area contributed by atoms with Gasteiger partial charge in [0.25, 0.3) is 0 Å². The molecule has 72 valence electrons. The molecule has 1 heterocycles. The number of sulfone groups is 1. The van der Waals surface area contributed by atoms with Crippen molar-refractivity contribution in [1.29, 1.82) is 0 Å². The van der Waals surface area contributed by atoms with E-state index in [4.69, 9.17) is 11.6 Å². The van der Waals surface area contributed by atoms with Crippen LogP contribution < -0.4 is 0 Å².